The molecule has 0 spiro atoms. The molecule has 2 saturated carbocycles. The number of amides is 2. The summed E-state index contributed by atoms with van der Waals surface area (Å²) >= 11 is 6.30. The molecule has 3 N–H and O–H groups in total. The molecule has 1 aromatic heterocycles. The van der Waals surface area contributed by atoms with Crippen LogP contribution < -0.4 is 10.6 Å². The van der Waals surface area contributed by atoms with Gasteiger partial charge in [0.2, 0.25) is 0 Å². The number of nitrogens with one attached hydrogen (secondary N) is 2. The Balaban J connectivity index is 1.34. The molecule has 1 heterocycles. The van der Waals surface area contributed by atoms with Gasteiger partial charge >= 0.3 is 5.91 Å². The van der Waals surface area contributed by atoms with Crippen LogP contribution in [0.2, 0.25) is 5.02 Å². The van der Waals surface area contributed by atoms with Crippen LogP contribution in [0.15, 0.2) is 58.2 Å². The van der Waals surface area contributed by atoms with Crippen LogP contribution in [0.4, 0.5) is 14.5 Å². The van der Waals surface area contributed by atoms with Crippen molar-refractivity contribution in [2.45, 2.75) is 41.9 Å². The number of fused-ring (bicyclic) bond motifs is 2. The minimum Gasteiger partial charge on any atom is -0.441 e. The number of oxazole rings is 1. The van der Waals surface area contributed by atoms with Gasteiger partial charge in [0.05, 0.1) is 27.0 Å². The number of carbonyl (C=O) groups is 2. The summed E-state index contributed by atoms with van der Waals surface area (Å²) in [4.78, 5) is 28.7. The van der Waals surface area contributed by atoms with Gasteiger partial charge in [-0.3, -0.25) is 9.59 Å². The second-order valence-corrected chi connectivity index (χ2v) is 13.0. The van der Waals surface area contributed by atoms with E-state index in [-0.39, 0.29) is 52.4 Å². The third-order valence-electron chi connectivity index (χ3n) is 8.03. The quantitative estimate of drug-likeness (QED) is 0.373. The minimum atomic E-state index is -4.05. The molecule has 13 heteroatoms. The van der Waals surface area contributed by atoms with E-state index < -0.39 is 56.0 Å². The van der Waals surface area contributed by atoms with Gasteiger partial charge in [0, 0.05) is 23.9 Å². The predicted molar refractivity (Wildman–Crippen MR) is 141 cm³/mol. The number of aromatic nitrogens is 1. The predicted octanol–water partition coefficient (Wildman–Crippen LogP) is 4.23. The topological polar surface area (TPSA) is 139 Å². The Labute approximate surface area is 233 Å². The molecule has 2 aliphatic rings. The second-order valence-electron chi connectivity index (χ2n) is 10.4. The number of hydrogen-bond acceptors (Lipinski definition) is 7. The van der Waals surface area contributed by atoms with Crippen molar-refractivity contribution in [1.29, 1.82) is 0 Å². The average Bonchev–Trinajstić information content (AvgIpc) is 3.47. The van der Waals surface area contributed by atoms with Gasteiger partial charge in [-0.25, -0.2) is 22.2 Å². The number of carbonyl (C=O) groups excluding carboxylic acids is 2. The lowest BCUT2D eigenvalue weighted by Gasteiger charge is -2.43. The summed E-state index contributed by atoms with van der Waals surface area (Å²) in [5.74, 6) is -4.49. The molecule has 5 atom stereocenters. The molecule has 0 saturated heterocycles. The highest BCUT2D eigenvalue weighted by molar-refractivity contribution is 7.92. The zero-order valence-electron chi connectivity index (χ0n) is 21.2. The largest absolute Gasteiger partial charge is 0.441 e. The number of anilines is 1. The molecular weight excluding hydrogens is 568 g/mol. The monoisotopic (exact) mass is 593 g/mol. The lowest BCUT2D eigenvalue weighted by Crippen LogP contribution is -2.55. The summed E-state index contributed by atoms with van der Waals surface area (Å²) in [6, 6.07) is 6.64. The Kier molecular flexibility index (Phi) is 7.45. The number of benzene rings is 2. The molecule has 2 amide bonds. The first kappa shape index (κ1) is 28.2. The highest BCUT2D eigenvalue weighted by Crippen LogP contribution is 2.54. The third kappa shape index (κ3) is 5.11. The van der Waals surface area contributed by atoms with Crippen LogP contribution in [0.3, 0.4) is 0 Å². The van der Waals surface area contributed by atoms with Crippen molar-refractivity contribution in [2.24, 2.45) is 17.8 Å². The van der Waals surface area contributed by atoms with Crippen molar-refractivity contribution in [3.05, 3.63) is 77.0 Å². The molecule has 2 aliphatic carbocycles. The average molecular weight is 594 g/mol. The minimum absolute atomic E-state index is 0.00229. The molecule has 5 rings (SSSR count). The van der Waals surface area contributed by atoms with Gasteiger partial charge in [0.25, 0.3) is 11.8 Å². The Bertz CT molecular complexity index is 1570. The highest BCUT2D eigenvalue weighted by Gasteiger charge is 2.58. The Morgan fingerprint density at radius 1 is 1.12 bits per heavy atom. The molecule has 2 fully saturated rings. The first-order chi connectivity index (χ1) is 18.9. The SMILES string of the molecule is C[C@H]1CC2C[C@@H](S(=O)(=O)c3cc(C(=O)Nc4ccc(F)c(F)c4)ccc3Cl)C[C@H]1[C@@]2(O)CNC(=O)c1ncco1. The van der Waals surface area contributed by atoms with Crippen molar-refractivity contribution < 1.29 is 36.3 Å². The Morgan fingerprint density at radius 2 is 1.90 bits per heavy atom. The number of halogens is 3. The van der Waals surface area contributed by atoms with E-state index in [0.29, 0.717) is 6.42 Å². The van der Waals surface area contributed by atoms with Crippen LogP contribution in [-0.4, -0.2) is 47.7 Å². The van der Waals surface area contributed by atoms with Crippen molar-refractivity contribution in [1.82, 2.24) is 10.3 Å². The van der Waals surface area contributed by atoms with Crippen LogP contribution in [0, 0.1) is 29.4 Å². The van der Waals surface area contributed by atoms with Crippen molar-refractivity contribution >= 4 is 38.9 Å². The summed E-state index contributed by atoms with van der Waals surface area (Å²) in [6.07, 6.45) is 3.44. The van der Waals surface area contributed by atoms with Crippen LogP contribution in [0.1, 0.15) is 47.2 Å². The summed E-state index contributed by atoms with van der Waals surface area (Å²) < 4.78 is 59.4. The van der Waals surface area contributed by atoms with E-state index in [1.165, 1.54) is 30.7 Å². The fourth-order valence-electron chi connectivity index (χ4n) is 6.03. The van der Waals surface area contributed by atoms with Gasteiger partial charge in [-0.15, -0.1) is 0 Å². The van der Waals surface area contributed by atoms with Crippen molar-refractivity contribution in [3.63, 3.8) is 0 Å². The molecule has 1 unspecified atom stereocenters. The lowest BCUT2D eigenvalue weighted by atomic mass is 9.73. The zero-order chi connectivity index (χ0) is 28.8. The highest BCUT2D eigenvalue weighted by atomic mass is 35.5. The van der Waals surface area contributed by atoms with E-state index in [4.69, 9.17) is 16.0 Å². The fraction of sp³-hybridized carbons (Fsp3) is 0.370. The normalized spacial score (nSPS) is 25.9. The van der Waals surface area contributed by atoms with Crippen LogP contribution in [0.25, 0.3) is 0 Å². The maximum atomic E-state index is 13.8. The van der Waals surface area contributed by atoms with Crippen molar-refractivity contribution in [3.8, 4) is 0 Å². The van der Waals surface area contributed by atoms with Gasteiger partial charge in [0.1, 0.15) is 6.26 Å². The summed E-state index contributed by atoms with van der Waals surface area (Å²) in [7, 11) is -4.05. The molecular formula is C27H26ClF2N3O6S. The maximum absolute atomic E-state index is 13.8. The molecule has 2 aromatic carbocycles. The van der Waals surface area contributed by atoms with E-state index in [1.807, 2.05) is 6.92 Å². The number of sulfone groups is 1. The molecule has 0 aliphatic heterocycles. The summed E-state index contributed by atoms with van der Waals surface area (Å²) in [6.45, 7) is 1.86. The van der Waals surface area contributed by atoms with E-state index in [1.54, 1.807) is 0 Å². The van der Waals surface area contributed by atoms with Crippen molar-refractivity contribution in [2.75, 3.05) is 11.9 Å². The first-order valence-corrected chi connectivity index (χ1v) is 14.5. The number of nitrogens with zero attached hydrogens (tertiary/aromatic N) is 1. The zero-order valence-corrected chi connectivity index (χ0v) is 22.8. The fourth-order valence-corrected chi connectivity index (χ4v) is 8.40. The van der Waals surface area contributed by atoms with E-state index >= 15 is 0 Å². The molecule has 9 nitrogen and oxygen atoms in total. The number of rotatable bonds is 7. The van der Waals surface area contributed by atoms with Gasteiger partial charge in [-0.1, -0.05) is 18.5 Å². The molecule has 3 aromatic rings. The van der Waals surface area contributed by atoms with E-state index in [9.17, 15) is 31.9 Å². The molecule has 212 valence electrons. The van der Waals surface area contributed by atoms with Gasteiger partial charge in [0.15, 0.2) is 21.5 Å². The van der Waals surface area contributed by atoms with E-state index in [0.717, 1.165) is 18.2 Å². The maximum Gasteiger partial charge on any atom is 0.307 e. The second kappa shape index (κ2) is 10.6. The van der Waals surface area contributed by atoms with E-state index in [2.05, 4.69) is 15.6 Å². The Hall–Kier alpha value is -3.35. The number of aliphatic hydroxyl groups is 1. The molecule has 0 radical (unpaired) electrons. The number of hydrogen-bond donors (Lipinski definition) is 3. The molecule has 40 heavy (non-hydrogen) atoms. The first-order valence-electron chi connectivity index (χ1n) is 12.6. The third-order valence-corrected chi connectivity index (χ3v) is 10.7. The molecule has 2 bridgehead atoms. The van der Waals surface area contributed by atoms with Gasteiger partial charge in [-0.05, 0) is 67.3 Å². The summed E-state index contributed by atoms with van der Waals surface area (Å²) in [5, 5.41) is 15.7. The lowest BCUT2D eigenvalue weighted by molar-refractivity contribution is -0.0600. The van der Waals surface area contributed by atoms with Gasteiger partial charge in [-0.2, -0.15) is 0 Å². The van der Waals surface area contributed by atoms with Crippen LogP contribution in [-0.2, 0) is 9.84 Å². The standard InChI is InChI=1S/C27H26ClF2N3O6S/c1-14-8-16-10-18(12-19(14)27(16,36)13-32-25(35)26-31-6-7-39-26)40(37,38)23-9-15(2-4-20(23)28)24(34)33-17-3-5-21(29)22(30)11-17/h2-7,9,11,14,16,18-19,36H,8,10,12-13H2,1H3,(H,32,35)(H,33,34)/t14-,16?,18+,19+,27+/m0/s1. The van der Waals surface area contributed by atoms with Crippen LogP contribution in [0.5, 0.6) is 0 Å². The van der Waals surface area contributed by atoms with Crippen LogP contribution >= 0.6 is 11.6 Å². The van der Waals surface area contributed by atoms with Gasteiger partial charge < -0.3 is 20.2 Å². The summed E-state index contributed by atoms with van der Waals surface area (Å²) in [5.41, 5.74) is -1.36. The smallest absolute Gasteiger partial charge is 0.307 e. The Morgan fingerprint density at radius 3 is 2.58 bits per heavy atom.